The van der Waals surface area contributed by atoms with Crippen LogP contribution >= 0.6 is 7.82 Å². The van der Waals surface area contributed by atoms with Gasteiger partial charge in [0.2, 0.25) is 6.23 Å². The Labute approximate surface area is 197 Å². The number of benzene rings is 1. The fourth-order valence-corrected chi connectivity index (χ4v) is 4.25. The molecule has 0 saturated carbocycles. The van der Waals surface area contributed by atoms with Gasteiger partial charge in [0.05, 0.1) is 40.8 Å². The molecule has 0 amide bonds. The number of aliphatic hydroxyl groups is 1. The molecule has 0 saturated heterocycles. The Hall–Kier alpha value is -1.48. The number of hydrogen-bond acceptors (Lipinski definition) is 6. The van der Waals surface area contributed by atoms with E-state index in [1.165, 1.54) is 5.56 Å². The van der Waals surface area contributed by atoms with E-state index in [0.29, 0.717) is 13.0 Å². The first-order chi connectivity index (χ1) is 15.3. The molecule has 1 aromatic rings. The van der Waals surface area contributed by atoms with Crippen LogP contribution < -0.4 is 4.74 Å². The molecule has 0 aliphatic rings. The van der Waals surface area contributed by atoms with Crippen molar-refractivity contribution in [3.8, 4) is 5.75 Å². The molecule has 190 valence electrons. The van der Waals surface area contributed by atoms with E-state index in [1.54, 1.807) is 21.1 Å². The third kappa shape index (κ3) is 12.5. The summed E-state index contributed by atoms with van der Waals surface area (Å²) in [5, 5.41) is 19.3. The van der Waals surface area contributed by atoms with Gasteiger partial charge < -0.3 is 24.3 Å². The number of likely N-dealkylation sites (N-methyl/N-ethyl adjacent to an activating group) is 1. The average Bonchev–Trinajstić information content (AvgIpc) is 2.68. The first-order valence-corrected chi connectivity index (χ1v) is 12.9. The largest absolute Gasteiger partial charge is 0.493 e. The van der Waals surface area contributed by atoms with Gasteiger partial charge in [0.1, 0.15) is 5.75 Å². The number of aryl methyl sites for hydroxylation is 2. The fourth-order valence-electron chi connectivity index (χ4n) is 3.30. The highest BCUT2D eigenvalue weighted by Gasteiger charge is 2.39. The molecule has 10 heteroatoms. The third-order valence-electron chi connectivity index (χ3n) is 5.15. The Bertz CT molecular complexity index is 780. The quantitative estimate of drug-likeness (QED) is 0.130. The second kappa shape index (κ2) is 14.0. The lowest BCUT2D eigenvalue weighted by Gasteiger charge is -2.34. The lowest BCUT2D eigenvalue weighted by molar-refractivity contribution is -0.922. The average molecular weight is 491 g/mol. The molecule has 1 rings (SSSR count). The molecule has 0 aliphatic carbocycles. The zero-order valence-electron chi connectivity index (χ0n) is 20.5. The Morgan fingerprint density at radius 1 is 1.03 bits per heavy atom. The van der Waals surface area contributed by atoms with Crippen molar-refractivity contribution in [3.63, 3.8) is 0 Å². The Morgan fingerprint density at radius 2 is 1.61 bits per heavy atom. The summed E-state index contributed by atoms with van der Waals surface area (Å²) in [6.07, 6.45) is 2.11. The van der Waals surface area contributed by atoms with Gasteiger partial charge in [-0.2, -0.15) is 0 Å². The van der Waals surface area contributed by atoms with Gasteiger partial charge in [-0.3, -0.25) is 13.8 Å². The zero-order chi connectivity index (χ0) is 25.1. The van der Waals surface area contributed by atoms with E-state index in [0.717, 1.165) is 43.4 Å². The molecule has 0 aromatic heterocycles. The van der Waals surface area contributed by atoms with Crippen LogP contribution in [0.15, 0.2) is 18.2 Å². The lowest BCUT2D eigenvalue weighted by atomic mass is 10.1. The van der Waals surface area contributed by atoms with E-state index in [4.69, 9.17) is 18.9 Å². The smallest absolute Gasteiger partial charge is 0.472 e. The number of carbonyl (C=O) groups is 1. The minimum Gasteiger partial charge on any atom is -0.493 e. The van der Waals surface area contributed by atoms with Crippen LogP contribution in [0.25, 0.3) is 0 Å². The highest BCUT2D eigenvalue weighted by molar-refractivity contribution is 7.47. The number of hydrogen-bond donors (Lipinski definition) is 3. The summed E-state index contributed by atoms with van der Waals surface area (Å²) in [5.74, 6) is -0.320. The summed E-state index contributed by atoms with van der Waals surface area (Å²) in [7, 11) is 0.395. The van der Waals surface area contributed by atoms with Crippen LogP contribution in [0.2, 0.25) is 0 Å². The second-order valence-corrected chi connectivity index (χ2v) is 10.7. The molecule has 0 aliphatic heterocycles. The van der Waals surface area contributed by atoms with Crippen molar-refractivity contribution in [3.05, 3.63) is 29.3 Å². The maximum Gasteiger partial charge on any atom is 0.472 e. The summed E-state index contributed by atoms with van der Waals surface area (Å²) < 4.78 is 27.9. The molecule has 2 unspecified atom stereocenters. The Kier molecular flexibility index (Phi) is 12.6. The van der Waals surface area contributed by atoms with Crippen LogP contribution in [0.1, 0.15) is 56.1 Å². The molecule has 0 heterocycles. The number of aliphatic hydroxyl groups excluding tert-OH is 1. The monoisotopic (exact) mass is 490 g/mol. The van der Waals surface area contributed by atoms with Crippen molar-refractivity contribution >= 4 is 13.8 Å². The number of carboxylic acids is 1. The summed E-state index contributed by atoms with van der Waals surface area (Å²) in [5.41, 5.74) is 2.36. The molecule has 0 bridgehead atoms. The molecule has 33 heavy (non-hydrogen) atoms. The second-order valence-electron chi connectivity index (χ2n) is 9.31. The van der Waals surface area contributed by atoms with Gasteiger partial charge >= 0.3 is 13.8 Å². The van der Waals surface area contributed by atoms with E-state index in [9.17, 15) is 19.4 Å². The van der Waals surface area contributed by atoms with Crippen molar-refractivity contribution < 1.29 is 42.7 Å². The number of phosphoric acid groups is 1. The van der Waals surface area contributed by atoms with Crippen LogP contribution in [0.3, 0.4) is 0 Å². The first kappa shape index (κ1) is 29.6. The van der Waals surface area contributed by atoms with Crippen molar-refractivity contribution in [1.29, 1.82) is 0 Å². The molecule has 0 spiro atoms. The van der Waals surface area contributed by atoms with Crippen LogP contribution in [0.5, 0.6) is 5.75 Å². The van der Waals surface area contributed by atoms with Crippen LogP contribution in [-0.4, -0.2) is 72.2 Å². The van der Waals surface area contributed by atoms with Crippen molar-refractivity contribution in [2.45, 2.75) is 71.1 Å². The molecule has 0 fully saturated rings. The number of aliphatic carboxylic acids is 1. The number of nitrogens with zero attached hydrogens (tertiary/aromatic N) is 1. The number of ether oxygens (including phenoxy) is 1. The van der Waals surface area contributed by atoms with Crippen LogP contribution in [-0.2, 0) is 18.4 Å². The molecule has 3 atom stereocenters. The molecule has 1 aromatic carbocycles. The minimum atomic E-state index is -4.49. The van der Waals surface area contributed by atoms with Crippen molar-refractivity contribution in [2.75, 3.05) is 34.4 Å². The predicted molar refractivity (Wildman–Crippen MR) is 126 cm³/mol. The van der Waals surface area contributed by atoms with Crippen LogP contribution in [0.4, 0.5) is 0 Å². The Balaban J connectivity index is 2.21. The molecule has 3 N–H and O–H groups in total. The normalized spacial score (nSPS) is 15.6. The van der Waals surface area contributed by atoms with E-state index in [2.05, 4.69) is 13.0 Å². The molecular formula is C23H41NO8P+. The van der Waals surface area contributed by atoms with Gasteiger partial charge in [0.15, 0.2) is 6.10 Å². The predicted octanol–water partition coefficient (Wildman–Crippen LogP) is 4.02. The number of phosphoric ester groups is 1. The van der Waals surface area contributed by atoms with E-state index < -0.39 is 32.5 Å². The highest BCUT2D eigenvalue weighted by atomic mass is 31.2. The summed E-state index contributed by atoms with van der Waals surface area (Å²) in [4.78, 5) is 21.0. The fraction of sp³-hybridized carbons (Fsp3) is 0.696. The Morgan fingerprint density at radius 3 is 2.15 bits per heavy atom. The van der Waals surface area contributed by atoms with E-state index >= 15 is 0 Å². The first-order valence-electron chi connectivity index (χ1n) is 11.4. The zero-order valence-corrected chi connectivity index (χ0v) is 21.4. The summed E-state index contributed by atoms with van der Waals surface area (Å²) in [6, 6.07) is 6.14. The van der Waals surface area contributed by atoms with Gasteiger partial charge in [-0.15, -0.1) is 0 Å². The lowest BCUT2D eigenvalue weighted by Crippen LogP contribution is -2.52. The van der Waals surface area contributed by atoms with E-state index in [-0.39, 0.29) is 11.1 Å². The number of unbranched alkanes of at least 4 members (excludes halogenated alkanes) is 5. The van der Waals surface area contributed by atoms with E-state index in [1.807, 2.05) is 19.1 Å². The van der Waals surface area contributed by atoms with Crippen molar-refractivity contribution in [2.24, 2.45) is 0 Å². The van der Waals surface area contributed by atoms with Crippen LogP contribution in [0, 0.1) is 13.8 Å². The molecule has 9 nitrogen and oxygen atoms in total. The van der Waals surface area contributed by atoms with Crippen molar-refractivity contribution in [1.82, 2.24) is 0 Å². The maximum absolute atomic E-state index is 12.2. The highest BCUT2D eigenvalue weighted by Crippen LogP contribution is 2.46. The SMILES string of the molecule is Cc1ccc(OCCCCCCCCOP(=O)(O)O[C@H](CC(=O)O)C(O)[N+](C)(C)C)c(C)c1. The maximum atomic E-state index is 12.2. The molecule has 0 radical (unpaired) electrons. The van der Waals surface area contributed by atoms with Gasteiger partial charge in [-0.25, -0.2) is 4.57 Å². The third-order valence-corrected chi connectivity index (χ3v) is 6.20. The topological polar surface area (TPSA) is 123 Å². The molecular weight excluding hydrogens is 449 g/mol. The summed E-state index contributed by atoms with van der Waals surface area (Å²) in [6.45, 7) is 4.79. The number of quaternary nitrogens is 1. The standard InChI is InChI=1S/C23H40NO8P/c1-18-12-13-20(19(2)16-18)30-14-10-8-6-7-9-11-15-31-33(28,29)32-21(17-22(25)26)23(27)24(3,4)5/h12-13,16,21,23,27H,6-11,14-15,17H2,1-5H3,(H-,25,26,28,29)/p+1/t21-,23?/m1/s1. The van der Waals surface area contributed by atoms with Gasteiger partial charge in [0, 0.05) is 0 Å². The van der Waals surface area contributed by atoms with Gasteiger partial charge in [-0.1, -0.05) is 43.4 Å². The minimum absolute atomic E-state index is 0.0177. The van der Waals surface area contributed by atoms with Gasteiger partial charge in [0.25, 0.3) is 0 Å². The number of carboxylic acid groups (broad SMARTS) is 1. The van der Waals surface area contributed by atoms with Gasteiger partial charge in [-0.05, 0) is 38.3 Å². The number of rotatable bonds is 17. The summed E-state index contributed by atoms with van der Waals surface area (Å²) >= 11 is 0.